The van der Waals surface area contributed by atoms with Crippen LogP contribution < -0.4 is 4.74 Å². The highest BCUT2D eigenvalue weighted by atomic mass is 35.5. The number of halogens is 1. The molecule has 28 heavy (non-hydrogen) atoms. The van der Waals surface area contributed by atoms with Gasteiger partial charge in [0.2, 0.25) is 0 Å². The van der Waals surface area contributed by atoms with E-state index in [1.807, 2.05) is 60.0 Å². The molecule has 0 bridgehead atoms. The van der Waals surface area contributed by atoms with Crippen LogP contribution in [0.2, 0.25) is 5.02 Å². The summed E-state index contributed by atoms with van der Waals surface area (Å²) >= 11 is 8.75. The lowest BCUT2D eigenvalue weighted by atomic mass is 10.1. The number of ether oxygens (including phenoxy) is 1. The van der Waals surface area contributed by atoms with Crippen molar-refractivity contribution >= 4 is 51.6 Å². The smallest absolute Gasteiger partial charge is 0.186 e. The molecule has 0 spiro atoms. The summed E-state index contributed by atoms with van der Waals surface area (Å²) in [6.45, 7) is 0.390. The Labute approximate surface area is 175 Å². The standard InChI is InChI=1S/C21H15ClN2O2S2/c22-16-4-2-1-3-14(16)12-26-15-7-5-13(6-8-15)11-17-19(25)18(20(23)28-17)21-24-9-10-27-21/h1-11,18,23H,12H2/b17-11-,23-20?/t18-/m0/s1. The molecule has 4 nitrogen and oxygen atoms in total. The number of allylic oxidation sites excluding steroid dienone is 1. The number of nitrogens with zero attached hydrogens (tertiary/aromatic N) is 1. The van der Waals surface area contributed by atoms with E-state index in [1.165, 1.54) is 23.1 Å². The third kappa shape index (κ3) is 4.04. The molecule has 3 aromatic rings. The molecule has 1 atom stereocenters. The van der Waals surface area contributed by atoms with Crippen LogP contribution in [0.15, 0.2) is 65.0 Å². The molecule has 1 aliphatic rings. The summed E-state index contributed by atoms with van der Waals surface area (Å²) in [6, 6.07) is 15.1. The molecule has 7 heteroatoms. The van der Waals surface area contributed by atoms with Crippen LogP contribution in [0.25, 0.3) is 6.08 Å². The van der Waals surface area contributed by atoms with Crippen LogP contribution in [0.4, 0.5) is 0 Å². The van der Waals surface area contributed by atoms with Gasteiger partial charge in [0, 0.05) is 22.2 Å². The number of carbonyl (C=O) groups is 1. The van der Waals surface area contributed by atoms with E-state index in [0.29, 0.717) is 26.6 Å². The van der Waals surface area contributed by atoms with Gasteiger partial charge in [0.15, 0.2) is 5.78 Å². The van der Waals surface area contributed by atoms with Crippen LogP contribution in [0.5, 0.6) is 5.75 Å². The van der Waals surface area contributed by atoms with E-state index in [4.69, 9.17) is 21.7 Å². The van der Waals surface area contributed by atoms with Crippen molar-refractivity contribution in [2.45, 2.75) is 12.5 Å². The minimum absolute atomic E-state index is 0.0657. The summed E-state index contributed by atoms with van der Waals surface area (Å²) < 4.78 is 5.78. The van der Waals surface area contributed by atoms with Gasteiger partial charge in [-0.2, -0.15) is 0 Å². The van der Waals surface area contributed by atoms with Crippen LogP contribution in [0.3, 0.4) is 0 Å². The average molecular weight is 427 g/mol. The number of nitrogens with one attached hydrogen (secondary N) is 1. The van der Waals surface area contributed by atoms with E-state index in [2.05, 4.69) is 4.98 Å². The van der Waals surface area contributed by atoms with Gasteiger partial charge in [-0.3, -0.25) is 10.2 Å². The quantitative estimate of drug-likeness (QED) is 0.524. The number of benzene rings is 2. The van der Waals surface area contributed by atoms with Crippen molar-refractivity contribution in [3.8, 4) is 5.75 Å². The molecule has 0 saturated carbocycles. The minimum Gasteiger partial charge on any atom is -0.489 e. The van der Waals surface area contributed by atoms with Crippen LogP contribution in [0, 0.1) is 5.41 Å². The van der Waals surface area contributed by atoms with Crippen molar-refractivity contribution in [1.82, 2.24) is 4.98 Å². The Morgan fingerprint density at radius 2 is 1.96 bits per heavy atom. The molecular formula is C21H15ClN2O2S2. The Kier molecular flexibility index (Phi) is 5.62. The summed E-state index contributed by atoms with van der Waals surface area (Å²) in [5, 5.41) is 11.6. The number of thiazole rings is 1. The van der Waals surface area contributed by atoms with Crippen LogP contribution in [-0.2, 0) is 11.4 Å². The molecule has 1 aliphatic heterocycles. The Morgan fingerprint density at radius 3 is 2.68 bits per heavy atom. The molecule has 1 N–H and O–H groups in total. The molecule has 4 rings (SSSR count). The van der Waals surface area contributed by atoms with Crippen LogP contribution in [0.1, 0.15) is 22.1 Å². The van der Waals surface area contributed by atoms with Gasteiger partial charge in [-0.15, -0.1) is 11.3 Å². The molecule has 0 amide bonds. The zero-order valence-corrected chi connectivity index (χ0v) is 17.0. The lowest BCUT2D eigenvalue weighted by Crippen LogP contribution is -2.11. The van der Waals surface area contributed by atoms with Gasteiger partial charge >= 0.3 is 0 Å². The van der Waals surface area contributed by atoms with Gasteiger partial charge in [-0.05, 0) is 29.8 Å². The van der Waals surface area contributed by atoms with Crippen LogP contribution in [-0.4, -0.2) is 15.8 Å². The monoisotopic (exact) mass is 426 g/mol. The van der Waals surface area contributed by atoms with E-state index in [9.17, 15) is 4.79 Å². The van der Waals surface area contributed by atoms with E-state index in [0.717, 1.165) is 16.9 Å². The van der Waals surface area contributed by atoms with Gasteiger partial charge in [-0.25, -0.2) is 4.98 Å². The van der Waals surface area contributed by atoms with Crippen molar-refractivity contribution < 1.29 is 9.53 Å². The maximum atomic E-state index is 12.7. The number of carbonyl (C=O) groups excluding carboxylic acids is 1. The zero-order chi connectivity index (χ0) is 19.5. The lowest BCUT2D eigenvalue weighted by molar-refractivity contribution is -0.114. The second-order valence-corrected chi connectivity index (χ2v) is 8.51. The fourth-order valence-corrected chi connectivity index (χ4v) is 4.77. The summed E-state index contributed by atoms with van der Waals surface area (Å²) in [7, 11) is 0. The van der Waals surface area contributed by atoms with E-state index in [1.54, 1.807) is 6.20 Å². The third-order valence-corrected chi connectivity index (χ3v) is 6.42. The van der Waals surface area contributed by atoms with Crippen molar-refractivity contribution in [2.75, 3.05) is 0 Å². The number of Topliss-reactive ketones (excluding diaryl/α,β-unsaturated/α-hetero) is 1. The molecule has 1 aromatic heterocycles. The first-order chi connectivity index (χ1) is 13.6. The predicted molar refractivity (Wildman–Crippen MR) is 115 cm³/mol. The van der Waals surface area contributed by atoms with Gasteiger partial charge < -0.3 is 4.74 Å². The predicted octanol–water partition coefficient (Wildman–Crippen LogP) is 5.79. The Hall–Kier alpha value is -2.41. The largest absolute Gasteiger partial charge is 0.489 e. The van der Waals surface area contributed by atoms with E-state index >= 15 is 0 Å². The second kappa shape index (κ2) is 8.31. The second-order valence-electron chi connectivity index (χ2n) is 6.09. The normalized spacial score (nSPS) is 18.0. The lowest BCUT2D eigenvalue weighted by Gasteiger charge is -2.08. The SMILES string of the molecule is N=C1S/C(=C\c2ccc(OCc3ccccc3Cl)cc2)C(=O)[C@@H]1c1nccs1. The number of aromatic nitrogens is 1. The van der Waals surface area contributed by atoms with E-state index < -0.39 is 5.92 Å². The molecule has 2 heterocycles. The first-order valence-electron chi connectivity index (χ1n) is 8.49. The van der Waals surface area contributed by atoms with Crippen molar-refractivity contribution in [3.63, 3.8) is 0 Å². The van der Waals surface area contributed by atoms with Crippen LogP contribution >= 0.6 is 34.7 Å². The molecule has 1 saturated heterocycles. The highest BCUT2D eigenvalue weighted by Crippen LogP contribution is 2.41. The summed E-state index contributed by atoms with van der Waals surface area (Å²) in [4.78, 5) is 17.4. The van der Waals surface area contributed by atoms with Gasteiger partial charge in [-0.1, -0.05) is 53.7 Å². The van der Waals surface area contributed by atoms with Gasteiger partial charge in [0.25, 0.3) is 0 Å². The molecule has 0 aliphatic carbocycles. The molecule has 0 radical (unpaired) electrons. The minimum atomic E-state index is -0.561. The third-order valence-electron chi connectivity index (χ3n) is 4.22. The van der Waals surface area contributed by atoms with Crippen molar-refractivity contribution in [2.24, 2.45) is 0 Å². The Balaban J connectivity index is 1.45. The number of thioether (sulfide) groups is 1. The number of ketones is 1. The maximum Gasteiger partial charge on any atom is 0.186 e. The molecule has 0 unspecified atom stereocenters. The molecule has 2 aromatic carbocycles. The fraction of sp³-hybridized carbons (Fsp3) is 0.0952. The highest BCUT2D eigenvalue weighted by Gasteiger charge is 2.38. The zero-order valence-electron chi connectivity index (χ0n) is 14.6. The summed E-state index contributed by atoms with van der Waals surface area (Å²) in [5.41, 5.74) is 1.81. The Bertz CT molecular complexity index is 1050. The maximum absolute atomic E-state index is 12.7. The highest BCUT2D eigenvalue weighted by molar-refractivity contribution is 8.19. The molecular weight excluding hydrogens is 412 g/mol. The average Bonchev–Trinajstić information content (AvgIpc) is 3.30. The van der Waals surface area contributed by atoms with E-state index in [-0.39, 0.29) is 5.78 Å². The number of hydrogen-bond acceptors (Lipinski definition) is 6. The number of hydrogen-bond donors (Lipinski definition) is 1. The molecule has 1 fully saturated rings. The number of rotatable bonds is 5. The van der Waals surface area contributed by atoms with Crippen molar-refractivity contribution in [1.29, 1.82) is 5.41 Å². The molecule has 140 valence electrons. The van der Waals surface area contributed by atoms with Crippen molar-refractivity contribution in [3.05, 3.63) is 86.2 Å². The first kappa shape index (κ1) is 18.9. The fourth-order valence-electron chi connectivity index (χ4n) is 2.78. The van der Waals surface area contributed by atoms with Gasteiger partial charge in [0.1, 0.15) is 23.3 Å². The summed E-state index contributed by atoms with van der Waals surface area (Å²) in [6.07, 6.45) is 3.47. The Morgan fingerprint density at radius 1 is 1.18 bits per heavy atom. The topological polar surface area (TPSA) is 63.0 Å². The van der Waals surface area contributed by atoms with Gasteiger partial charge in [0.05, 0.1) is 9.95 Å². The summed E-state index contributed by atoms with van der Waals surface area (Å²) in [5.74, 6) is 0.0966. The first-order valence-corrected chi connectivity index (χ1v) is 10.6.